The summed E-state index contributed by atoms with van der Waals surface area (Å²) in [6.45, 7) is 2.53. The maximum Gasteiger partial charge on any atom is 0.261 e. The third-order valence-corrected chi connectivity index (χ3v) is 2.79. The summed E-state index contributed by atoms with van der Waals surface area (Å²) in [5.74, 6) is 0.0796. The predicted octanol–water partition coefficient (Wildman–Crippen LogP) is 1.99. The van der Waals surface area contributed by atoms with E-state index in [2.05, 4.69) is 10.5 Å². The smallest absolute Gasteiger partial charge is 0.261 e. The van der Waals surface area contributed by atoms with Crippen LogP contribution < -0.4 is 5.32 Å². The van der Waals surface area contributed by atoms with Crippen LogP contribution in [0.5, 0.6) is 0 Å². The lowest BCUT2D eigenvalue weighted by Crippen LogP contribution is -2.25. The number of hydrogen-bond acceptors (Lipinski definition) is 4. The van der Waals surface area contributed by atoms with Crippen molar-refractivity contribution in [2.75, 3.05) is 6.54 Å². The molecule has 1 N–H and O–H groups in total. The van der Waals surface area contributed by atoms with Crippen LogP contribution in [-0.2, 0) is 4.79 Å². The molecule has 5 heteroatoms. The second-order valence-corrected chi connectivity index (χ2v) is 4.36. The van der Waals surface area contributed by atoms with E-state index in [1.807, 2.05) is 13.0 Å². The molecule has 1 amide bonds. The van der Waals surface area contributed by atoms with Gasteiger partial charge in [0.15, 0.2) is 0 Å². The monoisotopic (exact) mass is 245 g/mol. The number of carbonyl (C=O) groups is 1. The maximum atomic E-state index is 11.7. The molecule has 1 aliphatic rings. The highest BCUT2D eigenvalue weighted by Crippen LogP contribution is 2.41. The number of hydrogen-bond donors (Lipinski definition) is 1. The first-order valence-corrected chi connectivity index (χ1v) is 6.10. The standard InChI is InChI=1S/C13H15N3O2/c1-2-5-15-13(17)10(7-14)6-11-8-18-16-12(11)9-3-4-9/h6,8-9H,2-5H2,1H3,(H,15,17)/b10-6+. The summed E-state index contributed by atoms with van der Waals surface area (Å²) in [4.78, 5) is 11.7. The SMILES string of the molecule is CCCNC(=O)/C(C#N)=C/c1conc1C1CC1. The zero-order valence-corrected chi connectivity index (χ0v) is 10.3. The summed E-state index contributed by atoms with van der Waals surface area (Å²) >= 11 is 0. The van der Waals surface area contributed by atoms with Gasteiger partial charge in [-0.1, -0.05) is 12.1 Å². The van der Waals surface area contributed by atoms with Gasteiger partial charge in [0.2, 0.25) is 0 Å². The molecule has 0 unspecified atom stereocenters. The van der Waals surface area contributed by atoms with Crippen LogP contribution in [-0.4, -0.2) is 17.6 Å². The van der Waals surface area contributed by atoms with Crippen molar-refractivity contribution in [3.05, 3.63) is 23.1 Å². The van der Waals surface area contributed by atoms with Gasteiger partial charge in [-0.15, -0.1) is 0 Å². The lowest BCUT2D eigenvalue weighted by molar-refractivity contribution is -0.117. The Morgan fingerprint density at radius 1 is 1.72 bits per heavy atom. The van der Waals surface area contributed by atoms with Crippen molar-refractivity contribution in [2.45, 2.75) is 32.1 Å². The van der Waals surface area contributed by atoms with Crippen molar-refractivity contribution in [3.63, 3.8) is 0 Å². The van der Waals surface area contributed by atoms with E-state index in [1.54, 1.807) is 6.08 Å². The summed E-state index contributed by atoms with van der Waals surface area (Å²) in [6.07, 6.45) is 6.06. The molecule has 0 radical (unpaired) electrons. The van der Waals surface area contributed by atoms with Crippen LogP contribution in [0.3, 0.4) is 0 Å². The second kappa shape index (κ2) is 5.50. The fourth-order valence-corrected chi connectivity index (χ4v) is 1.67. The molecule has 0 spiro atoms. The number of carbonyl (C=O) groups excluding carboxylic acids is 1. The Kier molecular flexibility index (Phi) is 3.78. The summed E-state index contributed by atoms with van der Waals surface area (Å²) in [6, 6.07) is 1.92. The Balaban J connectivity index is 2.16. The van der Waals surface area contributed by atoms with Gasteiger partial charge in [-0.3, -0.25) is 4.79 Å². The van der Waals surface area contributed by atoms with Gasteiger partial charge in [-0.05, 0) is 25.3 Å². The third kappa shape index (κ3) is 2.77. The van der Waals surface area contributed by atoms with Gasteiger partial charge >= 0.3 is 0 Å². The molecular weight excluding hydrogens is 230 g/mol. The average molecular weight is 245 g/mol. The van der Waals surface area contributed by atoms with Gasteiger partial charge in [0.25, 0.3) is 5.91 Å². The van der Waals surface area contributed by atoms with Crippen LogP contribution in [0, 0.1) is 11.3 Å². The Labute approximate surface area is 105 Å². The van der Waals surface area contributed by atoms with Crippen molar-refractivity contribution in [3.8, 4) is 6.07 Å². The molecule has 5 nitrogen and oxygen atoms in total. The molecule has 1 aliphatic carbocycles. The van der Waals surface area contributed by atoms with E-state index in [1.165, 1.54) is 6.26 Å². The highest BCUT2D eigenvalue weighted by molar-refractivity contribution is 6.01. The highest BCUT2D eigenvalue weighted by atomic mass is 16.5. The van der Waals surface area contributed by atoms with Crippen LogP contribution in [0.2, 0.25) is 0 Å². The number of nitrogens with one attached hydrogen (secondary N) is 1. The van der Waals surface area contributed by atoms with E-state index in [4.69, 9.17) is 9.78 Å². The first-order chi connectivity index (χ1) is 8.76. The number of aromatic nitrogens is 1. The zero-order valence-electron chi connectivity index (χ0n) is 10.3. The minimum Gasteiger partial charge on any atom is -0.364 e. The predicted molar refractivity (Wildman–Crippen MR) is 65.4 cm³/mol. The Morgan fingerprint density at radius 2 is 2.50 bits per heavy atom. The molecule has 0 atom stereocenters. The molecule has 0 aromatic carbocycles. The van der Waals surface area contributed by atoms with E-state index in [0.29, 0.717) is 12.5 Å². The molecule has 94 valence electrons. The van der Waals surface area contributed by atoms with E-state index < -0.39 is 0 Å². The molecule has 1 heterocycles. The van der Waals surface area contributed by atoms with Crippen molar-refractivity contribution in [1.82, 2.24) is 10.5 Å². The van der Waals surface area contributed by atoms with E-state index in [9.17, 15) is 4.79 Å². The molecule has 0 aliphatic heterocycles. The van der Waals surface area contributed by atoms with Gasteiger partial charge in [-0.25, -0.2) is 0 Å². The van der Waals surface area contributed by atoms with Gasteiger partial charge in [0, 0.05) is 18.0 Å². The Hall–Kier alpha value is -2.09. The average Bonchev–Trinajstić information content (AvgIpc) is 3.13. The molecule has 0 saturated heterocycles. The topological polar surface area (TPSA) is 78.9 Å². The Bertz CT molecular complexity index is 507. The molecule has 1 aromatic rings. The molecule has 1 fully saturated rings. The van der Waals surface area contributed by atoms with E-state index in [-0.39, 0.29) is 11.5 Å². The van der Waals surface area contributed by atoms with Crippen LogP contribution in [0.25, 0.3) is 6.08 Å². The molecule has 1 aromatic heterocycles. The summed E-state index contributed by atoms with van der Waals surface area (Å²) in [7, 11) is 0. The molecule has 18 heavy (non-hydrogen) atoms. The number of amides is 1. The molecular formula is C13H15N3O2. The molecule has 2 rings (SSSR count). The van der Waals surface area contributed by atoms with Crippen molar-refractivity contribution < 1.29 is 9.32 Å². The van der Waals surface area contributed by atoms with Gasteiger partial charge in [0.05, 0.1) is 5.69 Å². The first-order valence-electron chi connectivity index (χ1n) is 6.10. The van der Waals surface area contributed by atoms with Crippen LogP contribution in [0.1, 0.15) is 43.4 Å². The second-order valence-electron chi connectivity index (χ2n) is 4.36. The molecule has 0 bridgehead atoms. The quantitative estimate of drug-likeness (QED) is 0.635. The summed E-state index contributed by atoms with van der Waals surface area (Å²) in [5, 5.41) is 15.6. The van der Waals surface area contributed by atoms with Crippen LogP contribution in [0.4, 0.5) is 0 Å². The normalized spacial score (nSPS) is 15.2. The Morgan fingerprint density at radius 3 is 3.11 bits per heavy atom. The fraction of sp³-hybridized carbons (Fsp3) is 0.462. The van der Waals surface area contributed by atoms with E-state index >= 15 is 0 Å². The van der Waals surface area contributed by atoms with Crippen molar-refractivity contribution >= 4 is 12.0 Å². The largest absolute Gasteiger partial charge is 0.364 e. The van der Waals surface area contributed by atoms with Crippen molar-refractivity contribution in [1.29, 1.82) is 5.26 Å². The van der Waals surface area contributed by atoms with Crippen LogP contribution in [0.15, 0.2) is 16.4 Å². The number of rotatable bonds is 5. The lowest BCUT2D eigenvalue weighted by atomic mass is 10.1. The zero-order chi connectivity index (χ0) is 13.0. The minimum atomic E-state index is -0.345. The number of nitrogens with zero attached hydrogens (tertiary/aromatic N) is 2. The van der Waals surface area contributed by atoms with Gasteiger partial charge in [-0.2, -0.15) is 5.26 Å². The first kappa shape index (κ1) is 12.4. The minimum absolute atomic E-state index is 0.0913. The maximum absolute atomic E-state index is 11.7. The fourth-order valence-electron chi connectivity index (χ4n) is 1.67. The lowest BCUT2D eigenvalue weighted by Gasteiger charge is -2.01. The van der Waals surface area contributed by atoms with Gasteiger partial charge in [0.1, 0.15) is 17.9 Å². The van der Waals surface area contributed by atoms with E-state index in [0.717, 1.165) is 30.5 Å². The van der Waals surface area contributed by atoms with Crippen LogP contribution >= 0.6 is 0 Å². The third-order valence-electron chi connectivity index (χ3n) is 2.79. The van der Waals surface area contributed by atoms with Crippen molar-refractivity contribution in [2.24, 2.45) is 0 Å². The van der Waals surface area contributed by atoms with Gasteiger partial charge < -0.3 is 9.84 Å². The molecule has 1 saturated carbocycles. The highest BCUT2D eigenvalue weighted by Gasteiger charge is 2.29. The number of nitriles is 1. The summed E-state index contributed by atoms with van der Waals surface area (Å²) < 4.78 is 4.92. The summed E-state index contributed by atoms with van der Waals surface area (Å²) in [5.41, 5.74) is 1.68.